The topological polar surface area (TPSA) is 96.0 Å². The van der Waals surface area contributed by atoms with Crippen LogP contribution >= 0.6 is 15.9 Å². The summed E-state index contributed by atoms with van der Waals surface area (Å²) >= 11 is 3.30. The molecule has 0 aliphatic rings. The lowest BCUT2D eigenvalue weighted by Crippen LogP contribution is -2.02. The molecular weight excluding hydrogens is 352 g/mol. The van der Waals surface area contributed by atoms with Crippen molar-refractivity contribution in [1.29, 1.82) is 0 Å². The molecule has 0 aliphatic carbocycles. The highest BCUT2D eigenvalue weighted by Gasteiger charge is 2.09. The summed E-state index contributed by atoms with van der Waals surface area (Å²) < 4.78 is 0.808. The number of aromatic hydroxyl groups is 1. The van der Waals surface area contributed by atoms with Crippen molar-refractivity contribution in [3.05, 3.63) is 68.2 Å². The molecule has 0 aliphatic heterocycles. The van der Waals surface area contributed by atoms with Crippen LogP contribution < -0.4 is 0 Å². The van der Waals surface area contributed by atoms with Crippen molar-refractivity contribution in [2.24, 2.45) is 4.99 Å². The summed E-state index contributed by atoms with van der Waals surface area (Å²) in [7, 11) is 0. The van der Waals surface area contributed by atoms with Crippen molar-refractivity contribution < 1.29 is 15.1 Å². The lowest BCUT2D eigenvalue weighted by molar-refractivity contribution is -0.384. The number of nitrogens with zero attached hydrogens (tertiary/aromatic N) is 2. The first-order valence-electron chi connectivity index (χ1n) is 6.38. The van der Waals surface area contributed by atoms with E-state index in [-0.39, 0.29) is 18.0 Å². The van der Waals surface area contributed by atoms with Gasteiger partial charge in [0.1, 0.15) is 5.75 Å². The number of nitro benzene ring substituents is 1. The van der Waals surface area contributed by atoms with Crippen LogP contribution in [0.25, 0.3) is 0 Å². The summed E-state index contributed by atoms with van der Waals surface area (Å²) in [6.45, 7) is 0.0871. The van der Waals surface area contributed by atoms with E-state index in [2.05, 4.69) is 20.9 Å². The van der Waals surface area contributed by atoms with Crippen molar-refractivity contribution in [3.63, 3.8) is 0 Å². The maximum absolute atomic E-state index is 10.6. The summed E-state index contributed by atoms with van der Waals surface area (Å²) in [5, 5.41) is 30.2. The maximum atomic E-state index is 10.6. The third kappa shape index (κ3) is 4.12. The number of halogens is 1. The van der Waals surface area contributed by atoms with E-state index in [4.69, 9.17) is 0 Å². The number of nitro groups is 1. The first kappa shape index (κ1) is 16.1. The number of hydrogen-bond acceptors (Lipinski definition) is 5. The van der Waals surface area contributed by atoms with Gasteiger partial charge in [-0.3, -0.25) is 15.1 Å². The Morgan fingerprint density at radius 3 is 2.59 bits per heavy atom. The molecule has 1 atom stereocenters. The average molecular weight is 365 g/mol. The van der Waals surface area contributed by atoms with Gasteiger partial charge in [0.05, 0.1) is 17.6 Å². The highest BCUT2D eigenvalue weighted by molar-refractivity contribution is 9.10. The van der Waals surface area contributed by atoms with Crippen LogP contribution in [0.5, 0.6) is 5.75 Å². The molecule has 0 heterocycles. The first-order valence-corrected chi connectivity index (χ1v) is 7.17. The number of aliphatic hydroxyl groups excluding tert-OH is 1. The maximum Gasteiger partial charge on any atom is 0.269 e. The third-order valence-electron chi connectivity index (χ3n) is 2.99. The lowest BCUT2D eigenvalue weighted by atomic mass is 10.1. The number of non-ortho nitro benzene ring substituents is 1. The van der Waals surface area contributed by atoms with E-state index in [1.165, 1.54) is 36.5 Å². The molecular formula is C15H13BrN2O4. The predicted molar refractivity (Wildman–Crippen MR) is 86.3 cm³/mol. The Morgan fingerprint density at radius 2 is 1.95 bits per heavy atom. The van der Waals surface area contributed by atoms with Crippen LogP contribution in [0.2, 0.25) is 0 Å². The Kier molecular flexibility index (Phi) is 5.24. The zero-order valence-electron chi connectivity index (χ0n) is 11.4. The van der Waals surface area contributed by atoms with Gasteiger partial charge in [0, 0.05) is 28.4 Å². The SMILES string of the molecule is O=[N+]([O-])c1ccc([C@H](O)CN=Cc2cc(Br)ccc2O)cc1. The van der Waals surface area contributed by atoms with E-state index in [1.54, 1.807) is 12.1 Å². The standard InChI is InChI=1S/C15H13BrN2O4/c16-12-3-6-14(19)11(7-12)8-17-9-15(20)10-1-4-13(5-2-10)18(21)22/h1-8,15,19-20H,9H2/t15-/m1/s1. The van der Waals surface area contributed by atoms with Crippen LogP contribution in [0.15, 0.2) is 51.9 Å². The van der Waals surface area contributed by atoms with Crippen LogP contribution in [-0.4, -0.2) is 27.9 Å². The zero-order chi connectivity index (χ0) is 16.1. The Bertz CT molecular complexity index is 701. The summed E-state index contributed by atoms with van der Waals surface area (Å²) in [5.74, 6) is 0.0942. The number of rotatable bonds is 5. The van der Waals surface area contributed by atoms with Gasteiger partial charge >= 0.3 is 0 Å². The largest absolute Gasteiger partial charge is 0.507 e. The van der Waals surface area contributed by atoms with E-state index in [1.807, 2.05) is 0 Å². The summed E-state index contributed by atoms with van der Waals surface area (Å²) in [4.78, 5) is 14.2. The summed E-state index contributed by atoms with van der Waals surface area (Å²) in [6.07, 6.45) is 0.598. The second-order valence-corrected chi connectivity index (χ2v) is 5.48. The molecule has 0 unspecified atom stereocenters. The second-order valence-electron chi connectivity index (χ2n) is 4.56. The predicted octanol–water partition coefficient (Wildman–Crippen LogP) is 3.22. The Morgan fingerprint density at radius 1 is 1.27 bits per heavy atom. The fraction of sp³-hybridized carbons (Fsp3) is 0.133. The molecule has 0 saturated heterocycles. The number of phenols is 1. The number of phenolic OH excluding ortho intramolecular Hbond substituents is 1. The minimum Gasteiger partial charge on any atom is -0.507 e. The molecule has 0 amide bonds. The van der Waals surface area contributed by atoms with Gasteiger partial charge in [0.25, 0.3) is 5.69 Å². The highest BCUT2D eigenvalue weighted by atomic mass is 79.9. The van der Waals surface area contributed by atoms with Crippen molar-refractivity contribution in [1.82, 2.24) is 0 Å². The van der Waals surface area contributed by atoms with Crippen LogP contribution in [0.4, 0.5) is 5.69 Å². The third-order valence-corrected chi connectivity index (χ3v) is 3.48. The minimum absolute atomic E-state index is 0.0292. The van der Waals surface area contributed by atoms with E-state index < -0.39 is 11.0 Å². The lowest BCUT2D eigenvalue weighted by Gasteiger charge is -2.07. The summed E-state index contributed by atoms with van der Waals surface area (Å²) in [5.41, 5.74) is 1.05. The van der Waals surface area contributed by atoms with Gasteiger partial charge in [-0.25, -0.2) is 0 Å². The van der Waals surface area contributed by atoms with Gasteiger partial charge in [0.15, 0.2) is 0 Å². The first-order chi connectivity index (χ1) is 10.5. The molecule has 0 saturated carbocycles. The summed E-state index contributed by atoms with van der Waals surface area (Å²) in [6, 6.07) is 10.6. The normalized spacial score (nSPS) is 12.5. The molecule has 2 rings (SSSR count). The van der Waals surface area contributed by atoms with Crippen molar-refractivity contribution >= 4 is 27.8 Å². The van der Waals surface area contributed by atoms with Gasteiger partial charge in [-0.2, -0.15) is 0 Å². The van der Waals surface area contributed by atoms with Crippen LogP contribution in [0.3, 0.4) is 0 Å². The van der Waals surface area contributed by atoms with Crippen LogP contribution in [0.1, 0.15) is 17.2 Å². The molecule has 0 radical (unpaired) electrons. The quantitative estimate of drug-likeness (QED) is 0.483. The van der Waals surface area contributed by atoms with E-state index in [0.717, 1.165) is 4.47 Å². The number of hydrogen-bond donors (Lipinski definition) is 2. The molecule has 0 aromatic heterocycles. The van der Waals surface area contributed by atoms with Gasteiger partial charge in [-0.05, 0) is 35.9 Å². The van der Waals surface area contributed by atoms with Gasteiger partial charge < -0.3 is 10.2 Å². The minimum atomic E-state index is -0.869. The fourth-order valence-electron chi connectivity index (χ4n) is 1.80. The molecule has 114 valence electrons. The molecule has 0 bridgehead atoms. The Hall–Kier alpha value is -2.25. The monoisotopic (exact) mass is 364 g/mol. The fourth-order valence-corrected chi connectivity index (χ4v) is 2.18. The van der Waals surface area contributed by atoms with Crippen molar-refractivity contribution in [2.45, 2.75) is 6.10 Å². The number of aliphatic imine (C=N–C) groups is 1. The van der Waals surface area contributed by atoms with Gasteiger partial charge in [0.2, 0.25) is 0 Å². The van der Waals surface area contributed by atoms with Crippen molar-refractivity contribution in [3.8, 4) is 5.75 Å². The second kappa shape index (κ2) is 7.15. The van der Waals surface area contributed by atoms with E-state index >= 15 is 0 Å². The van der Waals surface area contributed by atoms with Gasteiger partial charge in [-0.15, -0.1) is 0 Å². The molecule has 2 aromatic rings. The van der Waals surface area contributed by atoms with E-state index in [9.17, 15) is 20.3 Å². The molecule has 2 aromatic carbocycles. The molecule has 6 nitrogen and oxygen atoms in total. The van der Waals surface area contributed by atoms with Crippen molar-refractivity contribution in [2.75, 3.05) is 6.54 Å². The number of benzene rings is 2. The average Bonchev–Trinajstić information content (AvgIpc) is 2.50. The van der Waals surface area contributed by atoms with E-state index in [0.29, 0.717) is 11.1 Å². The van der Waals surface area contributed by atoms with Gasteiger partial charge in [-0.1, -0.05) is 15.9 Å². The zero-order valence-corrected chi connectivity index (χ0v) is 13.0. The molecule has 0 fully saturated rings. The van der Waals surface area contributed by atoms with Crippen LogP contribution in [0, 0.1) is 10.1 Å². The Balaban J connectivity index is 2.02. The number of aliphatic hydroxyl groups is 1. The molecule has 0 spiro atoms. The smallest absolute Gasteiger partial charge is 0.269 e. The molecule has 7 heteroatoms. The Labute approximate surface area is 135 Å². The highest BCUT2D eigenvalue weighted by Crippen LogP contribution is 2.21. The van der Waals surface area contributed by atoms with Crippen LogP contribution in [-0.2, 0) is 0 Å². The molecule has 22 heavy (non-hydrogen) atoms. The molecule has 2 N–H and O–H groups in total.